The van der Waals surface area contributed by atoms with Gasteiger partial charge in [0.2, 0.25) is 17.8 Å². The van der Waals surface area contributed by atoms with Crippen LogP contribution < -0.4 is 15.1 Å². The summed E-state index contributed by atoms with van der Waals surface area (Å²) in [5.41, 5.74) is 0. The molecular weight excluding hydrogens is 208 g/mol. The summed E-state index contributed by atoms with van der Waals surface area (Å²) in [6.07, 6.45) is 0. The highest BCUT2D eigenvalue weighted by molar-refractivity contribution is 5.43. The van der Waals surface area contributed by atoms with Crippen molar-refractivity contribution < 1.29 is 5.11 Å². The van der Waals surface area contributed by atoms with Crippen LogP contribution in [0.15, 0.2) is 0 Å². The zero-order valence-electron chi connectivity index (χ0n) is 10.1. The lowest BCUT2D eigenvalue weighted by molar-refractivity contribution is 0.303. The van der Waals surface area contributed by atoms with E-state index < -0.39 is 0 Å². The van der Waals surface area contributed by atoms with Gasteiger partial charge in [-0.25, -0.2) is 0 Å². The first kappa shape index (κ1) is 12.4. The molecule has 90 valence electrons. The quantitative estimate of drug-likeness (QED) is 0.694. The molecular formula is C9H18N6O. The Hall–Kier alpha value is -1.63. The molecule has 16 heavy (non-hydrogen) atoms. The zero-order valence-corrected chi connectivity index (χ0v) is 10.1. The summed E-state index contributed by atoms with van der Waals surface area (Å²) in [5, 5.41) is 11.7. The molecule has 7 heteroatoms. The van der Waals surface area contributed by atoms with E-state index in [2.05, 4.69) is 20.3 Å². The van der Waals surface area contributed by atoms with Gasteiger partial charge in [-0.1, -0.05) is 0 Å². The molecule has 1 heterocycles. The fraction of sp³-hybridized carbons (Fsp3) is 0.667. The molecule has 0 spiro atoms. The van der Waals surface area contributed by atoms with Crippen LogP contribution in [0.25, 0.3) is 0 Å². The van der Waals surface area contributed by atoms with Crippen molar-refractivity contribution in [3.8, 4) is 0 Å². The van der Waals surface area contributed by atoms with E-state index in [1.165, 1.54) is 0 Å². The molecule has 0 aliphatic rings. The summed E-state index contributed by atoms with van der Waals surface area (Å²) in [5.74, 6) is 1.63. The maximum atomic E-state index is 8.86. The van der Waals surface area contributed by atoms with Gasteiger partial charge in [-0.05, 0) is 0 Å². The molecule has 0 aromatic carbocycles. The lowest BCUT2D eigenvalue weighted by Crippen LogP contribution is -2.25. The average Bonchev–Trinajstić information content (AvgIpc) is 2.28. The molecule has 0 atom stereocenters. The highest BCUT2D eigenvalue weighted by atomic mass is 16.3. The zero-order chi connectivity index (χ0) is 12.1. The Morgan fingerprint density at radius 3 is 2.25 bits per heavy atom. The predicted octanol–water partition coefficient (Wildman–Crippen LogP) is -0.592. The third-order valence-corrected chi connectivity index (χ3v) is 2.01. The van der Waals surface area contributed by atoms with Gasteiger partial charge in [0.1, 0.15) is 0 Å². The van der Waals surface area contributed by atoms with Crippen LogP contribution in [-0.2, 0) is 0 Å². The number of likely N-dealkylation sites (N-methyl/N-ethyl adjacent to an activating group) is 1. The molecule has 1 aromatic rings. The summed E-state index contributed by atoms with van der Waals surface area (Å²) in [6, 6.07) is 0. The van der Waals surface area contributed by atoms with E-state index in [9.17, 15) is 0 Å². The normalized spacial score (nSPS) is 10.1. The van der Waals surface area contributed by atoms with Gasteiger partial charge in [-0.2, -0.15) is 15.0 Å². The second kappa shape index (κ2) is 5.45. The maximum absolute atomic E-state index is 8.86. The van der Waals surface area contributed by atoms with Crippen molar-refractivity contribution in [2.24, 2.45) is 0 Å². The molecule has 1 aromatic heterocycles. The van der Waals surface area contributed by atoms with Crippen molar-refractivity contribution >= 4 is 17.8 Å². The molecule has 0 radical (unpaired) electrons. The van der Waals surface area contributed by atoms with Gasteiger partial charge in [0.05, 0.1) is 6.61 Å². The minimum Gasteiger partial charge on any atom is -0.395 e. The molecule has 7 nitrogen and oxygen atoms in total. The van der Waals surface area contributed by atoms with Gasteiger partial charge in [0, 0.05) is 34.7 Å². The minimum atomic E-state index is 0.0639. The van der Waals surface area contributed by atoms with Gasteiger partial charge in [-0.15, -0.1) is 0 Å². The van der Waals surface area contributed by atoms with Crippen LogP contribution in [-0.4, -0.2) is 61.4 Å². The maximum Gasteiger partial charge on any atom is 0.231 e. The van der Waals surface area contributed by atoms with Gasteiger partial charge in [0.15, 0.2) is 0 Å². The predicted molar refractivity (Wildman–Crippen MR) is 64.1 cm³/mol. The lowest BCUT2D eigenvalue weighted by atomic mass is 10.6. The number of anilines is 3. The van der Waals surface area contributed by atoms with Crippen LogP contribution in [0.1, 0.15) is 0 Å². The van der Waals surface area contributed by atoms with Crippen molar-refractivity contribution in [2.75, 3.05) is 56.5 Å². The van der Waals surface area contributed by atoms with E-state index in [0.29, 0.717) is 24.4 Å². The molecule has 0 saturated carbocycles. The van der Waals surface area contributed by atoms with Gasteiger partial charge in [0.25, 0.3) is 0 Å². The summed E-state index contributed by atoms with van der Waals surface area (Å²) in [7, 11) is 7.31. The molecule has 0 aliphatic heterocycles. The third kappa shape index (κ3) is 2.93. The monoisotopic (exact) mass is 226 g/mol. The standard InChI is InChI=1S/C9H18N6O/c1-10-7-11-8(14(2)3)13-9(12-7)15(4)5-6-16/h16H,5-6H2,1-4H3,(H,10,11,12,13). The smallest absolute Gasteiger partial charge is 0.231 e. The molecule has 0 unspecified atom stereocenters. The van der Waals surface area contributed by atoms with Crippen LogP contribution in [0.2, 0.25) is 0 Å². The van der Waals surface area contributed by atoms with Crippen LogP contribution >= 0.6 is 0 Å². The van der Waals surface area contributed by atoms with Gasteiger partial charge < -0.3 is 20.2 Å². The number of aliphatic hydroxyl groups excluding tert-OH is 1. The van der Waals surface area contributed by atoms with Crippen LogP contribution in [0, 0.1) is 0 Å². The van der Waals surface area contributed by atoms with E-state index in [-0.39, 0.29) is 6.61 Å². The van der Waals surface area contributed by atoms with E-state index in [1.807, 2.05) is 21.1 Å². The highest BCUT2D eigenvalue weighted by Gasteiger charge is 2.10. The Morgan fingerprint density at radius 2 is 1.75 bits per heavy atom. The van der Waals surface area contributed by atoms with Crippen LogP contribution in [0.4, 0.5) is 17.8 Å². The Labute approximate surface area is 95.1 Å². The van der Waals surface area contributed by atoms with Crippen molar-refractivity contribution in [2.45, 2.75) is 0 Å². The molecule has 0 fully saturated rings. The van der Waals surface area contributed by atoms with E-state index >= 15 is 0 Å². The Bertz CT molecular complexity index is 343. The van der Waals surface area contributed by atoms with E-state index in [0.717, 1.165) is 0 Å². The number of nitrogens with one attached hydrogen (secondary N) is 1. The molecule has 0 bridgehead atoms. The van der Waals surface area contributed by atoms with Crippen molar-refractivity contribution in [3.63, 3.8) is 0 Å². The Kier molecular flexibility index (Phi) is 4.24. The fourth-order valence-corrected chi connectivity index (χ4v) is 1.09. The number of nitrogens with zero attached hydrogens (tertiary/aromatic N) is 5. The summed E-state index contributed by atoms with van der Waals surface area (Å²) in [6.45, 7) is 0.550. The first-order chi connectivity index (χ1) is 7.58. The lowest BCUT2D eigenvalue weighted by Gasteiger charge is -2.18. The topological polar surface area (TPSA) is 77.4 Å². The first-order valence-electron chi connectivity index (χ1n) is 5.01. The Morgan fingerprint density at radius 1 is 1.12 bits per heavy atom. The summed E-state index contributed by atoms with van der Waals surface area (Å²) in [4.78, 5) is 16.3. The SMILES string of the molecule is CNc1nc(N(C)C)nc(N(C)CCO)n1. The van der Waals surface area contributed by atoms with Crippen molar-refractivity contribution in [3.05, 3.63) is 0 Å². The third-order valence-electron chi connectivity index (χ3n) is 2.01. The molecule has 0 amide bonds. The van der Waals surface area contributed by atoms with Crippen LogP contribution in [0.5, 0.6) is 0 Å². The number of hydrogen-bond acceptors (Lipinski definition) is 7. The van der Waals surface area contributed by atoms with E-state index in [1.54, 1.807) is 16.8 Å². The number of aliphatic hydroxyl groups is 1. The molecule has 0 aliphatic carbocycles. The number of aromatic nitrogens is 3. The molecule has 1 rings (SSSR count). The minimum absolute atomic E-state index is 0.0639. The largest absolute Gasteiger partial charge is 0.395 e. The van der Waals surface area contributed by atoms with Gasteiger partial charge >= 0.3 is 0 Å². The van der Waals surface area contributed by atoms with Crippen LogP contribution in [0.3, 0.4) is 0 Å². The highest BCUT2D eigenvalue weighted by Crippen LogP contribution is 2.13. The summed E-state index contributed by atoms with van der Waals surface area (Å²) >= 11 is 0. The Balaban J connectivity index is 3.03. The van der Waals surface area contributed by atoms with Crippen molar-refractivity contribution in [1.82, 2.24) is 15.0 Å². The van der Waals surface area contributed by atoms with Crippen molar-refractivity contribution in [1.29, 1.82) is 0 Å². The molecule has 0 saturated heterocycles. The average molecular weight is 226 g/mol. The second-order valence-electron chi connectivity index (χ2n) is 3.55. The number of rotatable bonds is 5. The van der Waals surface area contributed by atoms with E-state index in [4.69, 9.17) is 5.11 Å². The number of hydrogen-bond donors (Lipinski definition) is 2. The molecule has 2 N–H and O–H groups in total. The second-order valence-corrected chi connectivity index (χ2v) is 3.55. The fourth-order valence-electron chi connectivity index (χ4n) is 1.09. The first-order valence-corrected chi connectivity index (χ1v) is 5.01. The summed E-state index contributed by atoms with van der Waals surface area (Å²) < 4.78 is 0. The van der Waals surface area contributed by atoms with Gasteiger partial charge in [-0.3, -0.25) is 0 Å².